The van der Waals surface area contributed by atoms with Gasteiger partial charge in [-0.2, -0.15) is 5.10 Å². The summed E-state index contributed by atoms with van der Waals surface area (Å²) in [5.74, 6) is -1.35. The van der Waals surface area contributed by atoms with Crippen molar-refractivity contribution in [1.29, 1.82) is 0 Å². The lowest BCUT2D eigenvalue weighted by molar-refractivity contribution is -0.114. The zero-order valence-corrected chi connectivity index (χ0v) is 12.2. The number of carbonyl (C=O) groups is 2. The molecule has 1 heterocycles. The molecule has 1 aromatic heterocycles. The van der Waals surface area contributed by atoms with Crippen LogP contribution in [0.5, 0.6) is 0 Å². The molecule has 0 atom stereocenters. The van der Waals surface area contributed by atoms with Crippen LogP contribution in [0.1, 0.15) is 17.3 Å². The van der Waals surface area contributed by atoms with E-state index >= 15 is 0 Å². The van der Waals surface area contributed by atoms with Gasteiger partial charge in [-0.05, 0) is 24.3 Å². The number of nitrogens with zero attached hydrogens (tertiary/aromatic N) is 1. The molecule has 0 spiro atoms. The number of aromatic amines is 1. The highest BCUT2D eigenvalue weighted by atomic mass is 19.1. The van der Waals surface area contributed by atoms with Crippen LogP contribution in [0.15, 0.2) is 42.6 Å². The number of rotatable bonds is 3. The number of fused-ring (bicyclic) bond motifs is 1. The molecule has 0 aliphatic carbocycles. The fraction of sp³-hybridized carbons (Fsp3) is 0.0625. The number of para-hydroxylation sites is 1. The van der Waals surface area contributed by atoms with Gasteiger partial charge in [-0.3, -0.25) is 14.7 Å². The summed E-state index contributed by atoms with van der Waals surface area (Å²) in [6.07, 6.45) is 1.60. The molecule has 116 valence electrons. The van der Waals surface area contributed by atoms with Crippen LogP contribution in [0.25, 0.3) is 10.9 Å². The number of anilines is 2. The molecule has 0 aliphatic rings. The van der Waals surface area contributed by atoms with Gasteiger partial charge in [-0.1, -0.05) is 12.1 Å². The molecular weight excluding hydrogens is 299 g/mol. The number of H-pyrrole nitrogens is 1. The molecule has 6 nitrogen and oxygen atoms in total. The number of nitrogens with one attached hydrogen (secondary N) is 3. The van der Waals surface area contributed by atoms with Crippen LogP contribution in [-0.2, 0) is 4.79 Å². The molecular formula is C16H13FN4O2. The zero-order valence-electron chi connectivity index (χ0n) is 12.2. The maximum atomic E-state index is 13.9. The highest BCUT2D eigenvalue weighted by molar-refractivity contribution is 6.12. The smallest absolute Gasteiger partial charge is 0.257 e. The average Bonchev–Trinajstić information content (AvgIpc) is 2.98. The Morgan fingerprint density at radius 1 is 1.17 bits per heavy atom. The molecule has 3 aromatic rings. The van der Waals surface area contributed by atoms with Gasteiger partial charge in [0.25, 0.3) is 5.91 Å². The van der Waals surface area contributed by atoms with Crippen molar-refractivity contribution < 1.29 is 14.0 Å². The molecule has 0 saturated carbocycles. The summed E-state index contributed by atoms with van der Waals surface area (Å²) in [6.45, 7) is 1.35. The quantitative estimate of drug-likeness (QED) is 0.695. The minimum atomic E-state index is -0.593. The molecule has 0 unspecified atom stereocenters. The summed E-state index contributed by atoms with van der Waals surface area (Å²) in [5.41, 5.74) is 1.31. The van der Waals surface area contributed by atoms with E-state index in [0.717, 1.165) is 5.39 Å². The molecule has 23 heavy (non-hydrogen) atoms. The first-order chi connectivity index (χ1) is 11.0. The lowest BCUT2D eigenvalue weighted by atomic mass is 10.1. The third kappa shape index (κ3) is 3.03. The summed E-state index contributed by atoms with van der Waals surface area (Å²) in [4.78, 5) is 23.5. The van der Waals surface area contributed by atoms with E-state index in [1.54, 1.807) is 18.3 Å². The van der Waals surface area contributed by atoms with Crippen molar-refractivity contribution in [2.75, 3.05) is 10.6 Å². The Balaban J connectivity index is 1.91. The van der Waals surface area contributed by atoms with Gasteiger partial charge in [0, 0.05) is 18.0 Å². The zero-order chi connectivity index (χ0) is 16.4. The number of halogens is 1. The highest BCUT2D eigenvalue weighted by Gasteiger charge is 2.14. The molecule has 3 N–H and O–H groups in total. The van der Waals surface area contributed by atoms with Crippen LogP contribution in [0.3, 0.4) is 0 Å². The first-order valence-corrected chi connectivity index (χ1v) is 6.85. The number of aromatic nitrogens is 2. The number of carbonyl (C=O) groups excluding carboxylic acids is 2. The van der Waals surface area contributed by atoms with E-state index in [9.17, 15) is 14.0 Å². The van der Waals surface area contributed by atoms with Crippen LogP contribution in [0.4, 0.5) is 15.8 Å². The maximum absolute atomic E-state index is 13.9. The van der Waals surface area contributed by atoms with Crippen molar-refractivity contribution in [3.05, 3.63) is 54.0 Å². The number of hydrogen-bond donors (Lipinski definition) is 3. The van der Waals surface area contributed by atoms with Crippen molar-refractivity contribution in [2.45, 2.75) is 6.92 Å². The Bertz CT molecular complexity index is 904. The lowest BCUT2D eigenvalue weighted by Crippen LogP contribution is -2.14. The van der Waals surface area contributed by atoms with E-state index in [1.807, 2.05) is 6.07 Å². The van der Waals surface area contributed by atoms with Crippen LogP contribution in [0, 0.1) is 5.82 Å². The first kappa shape index (κ1) is 14.7. The summed E-state index contributed by atoms with van der Waals surface area (Å²) >= 11 is 0. The van der Waals surface area contributed by atoms with Gasteiger partial charge >= 0.3 is 0 Å². The monoisotopic (exact) mass is 312 g/mol. The number of amides is 2. The van der Waals surface area contributed by atoms with Crippen molar-refractivity contribution >= 4 is 34.1 Å². The van der Waals surface area contributed by atoms with Crippen LogP contribution >= 0.6 is 0 Å². The highest BCUT2D eigenvalue weighted by Crippen LogP contribution is 2.22. The molecule has 0 radical (unpaired) electrons. The minimum Gasteiger partial charge on any atom is -0.326 e. The van der Waals surface area contributed by atoms with Gasteiger partial charge in [0.05, 0.1) is 23.0 Å². The number of benzene rings is 2. The Labute approximate surface area is 130 Å². The molecule has 0 aliphatic heterocycles. The van der Waals surface area contributed by atoms with Crippen molar-refractivity contribution in [2.24, 2.45) is 0 Å². The minimum absolute atomic E-state index is 0.0160. The summed E-state index contributed by atoms with van der Waals surface area (Å²) in [5, 5.41) is 12.5. The van der Waals surface area contributed by atoms with Gasteiger partial charge < -0.3 is 10.6 Å². The van der Waals surface area contributed by atoms with E-state index < -0.39 is 11.7 Å². The second-order valence-electron chi connectivity index (χ2n) is 4.97. The van der Waals surface area contributed by atoms with Gasteiger partial charge in [-0.15, -0.1) is 0 Å². The second kappa shape index (κ2) is 5.88. The fourth-order valence-corrected chi connectivity index (χ4v) is 2.25. The van der Waals surface area contributed by atoms with Crippen LogP contribution in [0.2, 0.25) is 0 Å². The molecule has 7 heteroatoms. The lowest BCUT2D eigenvalue weighted by Gasteiger charge is -2.09. The van der Waals surface area contributed by atoms with E-state index in [0.29, 0.717) is 16.8 Å². The molecule has 0 bridgehead atoms. The normalized spacial score (nSPS) is 10.5. The van der Waals surface area contributed by atoms with Crippen LogP contribution < -0.4 is 10.6 Å². The Kier molecular flexibility index (Phi) is 3.76. The van der Waals surface area contributed by atoms with Crippen LogP contribution in [-0.4, -0.2) is 22.0 Å². The topological polar surface area (TPSA) is 86.9 Å². The SMILES string of the molecule is CC(=O)Nc1ccc(F)c(NC(=O)c2cccc3cn[nH]c23)c1. The van der Waals surface area contributed by atoms with E-state index in [4.69, 9.17) is 0 Å². The average molecular weight is 312 g/mol. The fourth-order valence-electron chi connectivity index (χ4n) is 2.25. The molecule has 0 saturated heterocycles. The summed E-state index contributed by atoms with van der Waals surface area (Å²) in [6, 6.07) is 9.11. The number of hydrogen-bond acceptors (Lipinski definition) is 3. The molecule has 2 aromatic carbocycles. The Hall–Kier alpha value is -3.22. The largest absolute Gasteiger partial charge is 0.326 e. The standard InChI is InChI=1S/C16H13FN4O2/c1-9(22)19-11-5-6-13(17)14(7-11)20-16(23)12-4-2-3-10-8-18-21-15(10)12/h2-8H,1H3,(H,18,21)(H,19,22)(H,20,23). The van der Waals surface area contributed by atoms with Gasteiger partial charge in [0.2, 0.25) is 5.91 Å². The summed E-state index contributed by atoms with van der Waals surface area (Å²) in [7, 11) is 0. The van der Waals surface area contributed by atoms with Crippen molar-refractivity contribution in [3.63, 3.8) is 0 Å². The molecule has 3 rings (SSSR count). The van der Waals surface area contributed by atoms with Gasteiger partial charge in [0.1, 0.15) is 5.82 Å². The predicted molar refractivity (Wildman–Crippen MR) is 84.8 cm³/mol. The van der Waals surface area contributed by atoms with Crippen molar-refractivity contribution in [3.8, 4) is 0 Å². The summed E-state index contributed by atoms with van der Waals surface area (Å²) < 4.78 is 13.9. The van der Waals surface area contributed by atoms with E-state index in [-0.39, 0.29) is 11.6 Å². The van der Waals surface area contributed by atoms with Gasteiger partial charge in [0.15, 0.2) is 0 Å². The first-order valence-electron chi connectivity index (χ1n) is 6.85. The Morgan fingerprint density at radius 2 is 2.00 bits per heavy atom. The molecule has 0 fully saturated rings. The van der Waals surface area contributed by atoms with E-state index in [1.165, 1.54) is 25.1 Å². The van der Waals surface area contributed by atoms with E-state index in [2.05, 4.69) is 20.8 Å². The van der Waals surface area contributed by atoms with Gasteiger partial charge in [-0.25, -0.2) is 4.39 Å². The maximum Gasteiger partial charge on any atom is 0.257 e. The molecule has 2 amide bonds. The third-order valence-corrected chi connectivity index (χ3v) is 3.26. The predicted octanol–water partition coefficient (Wildman–Crippen LogP) is 2.91. The second-order valence-corrected chi connectivity index (χ2v) is 4.97. The Morgan fingerprint density at radius 3 is 2.78 bits per heavy atom. The third-order valence-electron chi connectivity index (χ3n) is 3.26. The van der Waals surface area contributed by atoms with Crippen molar-refractivity contribution in [1.82, 2.24) is 10.2 Å².